The Labute approximate surface area is 116 Å². The highest BCUT2D eigenvalue weighted by atomic mass is 16.5. The first-order valence-electron chi connectivity index (χ1n) is 6.91. The van der Waals surface area contributed by atoms with Crippen LogP contribution in [0.3, 0.4) is 0 Å². The smallest absolute Gasteiger partial charge is 0.127 e. The lowest BCUT2D eigenvalue weighted by Crippen LogP contribution is -2.28. The van der Waals surface area contributed by atoms with E-state index in [9.17, 15) is 0 Å². The molecule has 108 valence electrons. The highest BCUT2D eigenvalue weighted by molar-refractivity contribution is 5.42. The van der Waals surface area contributed by atoms with Crippen LogP contribution >= 0.6 is 0 Å². The highest BCUT2D eigenvalue weighted by Gasteiger charge is 2.10. The first-order chi connectivity index (χ1) is 9.12. The summed E-state index contributed by atoms with van der Waals surface area (Å²) in [5.74, 6) is 1.61. The lowest BCUT2D eigenvalue weighted by Gasteiger charge is -2.20. The molecule has 0 radical (unpaired) electrons. The molecule has 0 aliphatic carbocycles. The average Bonchev–Trinajstić information content (AvgIpc) is 2.43. The molecular weight excluding hydrogens is 240 g/mol. The molecule has 0 saturated heterocycles. The molecule has 0 saturated carbocycles. The molecule has 0 fully saturated rings. The van der Waals surface area contributed by atoms with E-state index in [2.05, 4.69) is 18.7 Å². The topological polar surface area (TPSA) is 47.7 Å². The zero-order valence-electron chi connectivity index (χ0n) is 12.5. The summed E-state index contributed by atoms with van der Waals surface area (Å²) < 4.78 is 11.1. The van der Waals surface area contributed by atoms with Crippen molar-refractivity contribution < 1.29 is 9.47 Å². The molecule has 0 unspecified atom stereocenters. The minimum absolute atomic E-state index is 0.0469. The molecule has 0 aliphatic rings. The van der Waals surface area contributed by atoms with E-state index in [-0.39, 0.29) is 6.04 Å². The summed E-state index contributed by atoms with van der Waals surface area (Å²) >= 11 is 0. The predicted octanol–water partition coefficient (Wildman–Crippen LogP) is 2.44. The van der Waals surface area contributed by atoms with E-state index in [4.69, 9.17) is 15.2 Å². The third-order valence-corrected chi connectivity index (χ3v) is 3.27. The van der Waals surface area contributed by atoms with E-state index in [1.807, 2.05) is 25.1 Å². The Morgan fingerprint density at radius 1 is 1.26 bits per heavy atom. The van der Waals surface area contributed by atoms with Crippen LogP contribution < -0.4 is 15.2 Å². The van der Waals surface area contributed by atoms with Gasteiger partial charge in [0.1, 0.15) is 18.1 Å². The van der Waals surface area contributed by atoms with Crippen molar-refractivity contribution in [3.05, 3.63) is 23.8 Å². The Morgan fingerprint density at radius 3 is 2.47 bits per heavy atom. The molecule has 0 bridgehead atoms. The summed E-state index contributed by atoms with van der Waals surface area (Å²) in [6.07, 6.45) is 0. The standard InChI is InChI=1S/C15H26N2O2/c1-5-17(6-2)9-10-19-15-11-13(18-4)7-8-14(15)12(3)16/h7-8,11-12H,5-6,9-10,16H2,1-4H3/t12-/m0/s1. The van der Waals surface area contributed by atoms with Crippen LogP contribution in [0.2, 0.25) is 0 Å². The van der Waals surface area contributed by atoms with Gasteiger partial charge in [-0.25, -0.2) is 0 Å². The number of hydrogen-bond acceptors (Lipinski definition) is 4. The quantitative estimate of drug-likeness (QED) is 0.785. The van der Waals surface area contributed by atoms with Crippen molar-refractivity contribution in [2.75, 3.05) is 33.4 Å². The third kappa shape index (κ3) is 4.73. The van der Waals surface area contributed by atoms with Gasteiger partial charge in [0.25, 0.3) is 0 Å². The van der Waals surface area contributed by atoms with Crippen LogP contribution in [0.5, 0.6) is 11.5 Å². The van der Waals surface area contributed by atoms with Gasteiger partial charge in [-0.3, -0.25) is 0 Å². The number of benzene rings is 1. The number of likely N-dealkylation sites (N-methyl/N-ethyl adjacent to an activating group) is 1. The summed E-state index contributed by atoms with van der Waals surface area (Å²) in [7, 11) is 1.65. The van der Waals surface area contributed by atoms with E-state index in [1.54, 1.807) is 7.11 Å². The first kappa shape index (κ1) is 15.8. The maximum Gasteiger partial charge on any atom is 0.127 e. The molecule has 4 nitrogen and oxygen atoms in total. The Morgan fingerprint density at radius 2 is 1.95 bits per heavy atom. The number of hydrogen-bond donors (Lipinski definition) is 1. The summed E-state index contributed by atoms with van der Waals surface area (Å²) in [6.45, 7) is 9.93. The Hall–Kier alpha value is -1.26. The Bertz CT molecular complexity index is 376. The van der Waals surface area contributed by atoms with Gasteiger partial charge in [-0.2, -0.15) is 0 Å². The highest BCUT2D eigenvalue weighted by Crippen LogP contribution is 2.28. The molecule has 0 spiro atoms. The second-order valence-corrected chi connectivity index (χ2v) is 4.57. The molecule has 1 rings (SSSR count). The van der Waals surface area contributed by atoms with Gasteiger partial charge in [-0.05, 0) is 26.1 Å². The second kappa shape index (κ2) is 8.02. The fourth-order valence-corrected chi connectivity index (χ4v) is 1.97. The number of methoxy groups -OCH3 is 1. The predicted molar refractivity (Wildman–Crippen MR) is 78.9 cm³/mol. The monoisotopic (exact) mass is 266 g/mol. The molecule has 19 heavy (non-hydrogen) atoms. The van der Waals surface area contributed by atoms with Crippen molar-refractivity contribution >= 4 is 0 Å². The van der Waals surface area contributed by atoms with Crippen LogP contribution in [-0.4, -0.2) is 38.3 Å². The van der Waals surface area contributed by atoms with Crippen molar-refractivity contribution in [1.82, 2.24) is 4.90 Å². The largest absolute Gasteiger partial charge is 0.497 e. The molecule has 1 aromatic carbocycles. The zero-order valence-corrected chi connectivity index (χ0v) is 12.5. The maximum atomic E-state index is 5.96. The van der Waals surface area contributed by atoms with Crippen LogP contribution in [0, 0.1) is 0 Å². The molecule has 0 amide bonds. The molecule has 0 heterocycles. The van der Waals surface area contributed by atoms with Gasteiger partial charge in [-0.15, -0.1) is 0 Å². The summed E-state index contributed by atoms with van der Waals surface area (Å²) in [4.78, 5) is 2.33. The fraction of sp³-hybridized carbons (Fsp3) is 0.600. The van der Waals surface area contributed by atoms with Crippen molar-refractivity contribution in [2.45, 2.75) is 26.8 Å². The molecular formula is C15H26N2O2. The van der Waals surface area contributed by atoms with Gasteiger partial charge in [0, 0.05) is 24.2 Å². The van der Waals surface area contributed by atoms with E-state index < -0.39 is 0 Å². The minimum atomic E-state index is -0.0469. The van der Waals surface area contributed by atoms with Crippen LogP contribution in [0.15, 0.2) is 18.2 Å². The fourth-order valence-electron chi connectivity index (χ4n) is 1.97. The number of ether oxygens (including phenoxy) is 2. The Balaban J connectivity index is 2.69. The second-order valence-electron chi connectivity index (χ2n) is 4.57. The lowest BCUT2D eigenvalue weighted by atomic mass is 10.1. The van der Waals surface area contributed by atoms with Gasteiger partial charge < -0.3 is 20.1 Å². The van der Waals surface area contributed by atoms with E-state index in [1.165, 1.54) is 0 Å². The molecule has 2 N–H and O–H groups in total. The van der Waals surface area contributed by atoms with Gasteiger partial charge in [0.2, 0.25) is 0 Å². The lowest BCUT2D eigenvalue weighted by molar-refractivity contribution is 0.220. The SMILES string of the molecule is CCN(CC)CCOc1cc(OC)ccc1[C@H](C)N. The minimum Gasteiger partial charge on any atom is -0.497 e. The number of nitrogens with two attached hydrogens (primary N) is 1. The zero-order chi connectivity index (χ0) is 14.3. The van der Waals surface area contributed by atoms with E-state index in [0.29, 0.717) is 6.61 Å². The average molecular weight is 266 g/mol. The molecule has 0 aliphatic heterocycles. The first-order valence-corrected chi connectivity index (χ1v) is 6.91. The van der Waals surface area contributed by atoms with E-state index >= 15 is 0 Å². The molecule has 1 aromatic rings. The van der Waals surface area contributed by atoms with Crippen molar-refractivity contribution in [1.29, 1.82) is 0 Å². The summed E-state index contributed by atoms with van der Waals surface area (Å²) in [6, 6.07) is 5.74. The Kier molecular flexibility index (Phi) is 6.67. The van der Waals surface area contributed by atoms with Crippen molar-refractivity contribution in [2.24, 2.45) is 5.73 Å². The van der Waals surface area contributed by atoms with Crippen molar-refractivity contribution in [3.63, 3.8) is 0 Å². The number of rotatable bonds is 8. The normalized spacial score (nSPS) is 12.5. The molecule has 1 atom stereocenters. The van der Waals surface area contributed by atoms with Crippen molar-refractivity contribution in [3.8, 4) is 11.5 Å². The van der Waals surface area contributed by atoms with Crippen LogP contribution in [0.1, 0.15) is 32.4 Å². The summed E-state index contributed by atoms with van der Waals surface area (Å²) in [5, 5.41) is 0. The maximum absolute atomic E-state index is 5.96. The van der Waals surface area contributed by atoms with Crippen LogP contribution in [0.4, 0.5) is 0 Å². The van der Waals surface area contributed by atoms with E-state index in [0.717, 1.165) is 36.7 Å². The number of nitrogens with zero attached hydrogens (tertiary/aromatic N) is 1. The van der Waals surface area contributed by atoms with Crippen LogP contribution in [0.25, 0.3) is 0 Å². The molecule has 0 aromatic heterocycles. The van der Waals surface area contributed by atoms with Crippen LogP contribution in [-0.2, 0) is 0 Å². The summed E-state index contributed by atoms with van der Waals surface area (Å²) in [5.41, 5.74) is 6.97. The van der Waals surface area contributed by atoms with Gasteiger partial charge in [0.05, 0.1) is 7.11 Å². The van der Waals surface area contributed by atoms with Gasteiger partial charge in [-0.1, -0.05) is 19.9 Å². The van der Waals surface area contributed by atoms with Gasteiger partial charge >= 0.3 is 0 Å². The molecule has 4 heteroatoms. The third-order valence-electron chi connectivity index (χ3n) is 3.27. The van der Waals surface area contributed by atoms with Gasteiger partial charge in [0.15, 0.2) is 0 Å².